The average Bonchev–Trinajstić information content (AvgIpc) is 3.00. The van der Waals surface area contributed by atoms with Gasteiger partial charge in [0.25, 0.3) is 0 Å². The molecule has 4 N–H and O–H groups in total. The molecule has 4 rings (SSSR count). The Morgan fingerprint density at radius 1 is 0.884 bits per heavy atom. The Labute approximate surface area is 254 Å². The van der Waals surface area contributed by atoms with E-state index >= 15 is 0 Å². The number of hydrogen-bond donors (Lipinski definition) is 4. The Kier molecular flexibility index (Phi) is 12.8. The summed E-state index contributed by atoms with van der Waals surface area (Å²) >= 11 is 0. The van der Waals surface area contributed by atoms with E-state index in [4.69, 9.17) is 18.9 Å². The van der Waals surface area contributed by atoms with Gasteiger partial charge in [-0.15, -0.1) is 0 Å². The maximum atomic E-state index is 12.1. The maximum absolute atomic E-state index is 12.1. The first-order chi connectivity index (χ1) is 20.9. The van der Waals surface area contributed by atoms with Gasteiger partial charge in [0.1, 0.15) is 5.75 Å². The second kappa shape index (κ2) is 17.0. The number of carbonyl (C=O) groups excluding carboxylic acids is 1. The number of para-hydroxylation sites is 1. The molecular formula is C34H45N3O6. The summed E-state index contributed by atoms with van der Waals surface area (Å²) in [4.78, 5) is 12.1. The molecule has 232 valence electrons. The molecule has 1 heterocycles. The number of carbonyl (C=O) groups is 1. The van der Waals surface area contributed by atoms with Crippen LogP contribution in [0.2, 0.25) is 0 Å². The van der Waals surface area contributed by atoms with Gasteiger partial charge in [-0.3, -0.25) is 0 Å². The smallest absolute Gasteiger partial charge is 0.323 e. The van der Waals surface area contributed by atoms with Crippen molar-refractivity contribution in [2.75, 3.05) is 43.5 Å². The number of benzene rings is 3. The van der Waals surface area contributed by atoms with E-state index in [1.165, 1.54) is 0 Å². The van der Waals surface area contributed by atoms with Gasteiger partial charge in [-0.1, -0.05) is 49.2 Å². The van der Waals surface area contributed by atoms with Crippen LogP contribution in [0.4, 0.5) is 16.2 Å². The molecule has 1 atom stereocenters. The molecule has 0 unspecified atom stereocenters. The lowest BCUT2D eigenvalue weighted by Gasteiger charge is -2.33. The minimum Gasteiger partial charge on any atom is -0.463 e. The van der Waals surface area contributed by atoms with E-state index in [9.17, 15) is 9.90 Å². The Bertz CT molecular complexity index is 1250. The number of anilines is 2. The van der Waals surface area contributed by atoms with Crippen molar-refractivity contribution in [1.29, 1.82) is 0 Å². The quantitative estimate of drug-likeness (QED) is 0.135. The molecular weight excluding hydrogens is 546 g/mol. The van der Waals surface area contributed by atoms with Crippen LogP contribution in [-0.4, -0.2) is 49.8 Å². The van der Waals surface area contributed by atoms with Crippen molar-refractivity contribution in [3.8, 4) is 5.75 Å². The lowest BCUT2D eigenvalue weighted by atomic mass is 10.0. The van der Waals surface area contributed by atoms with Crippen LogP contribution >= 0.6 is 0 Å². The van der Waals surface area contributed by atoms with Crippen LogP contribution in [-0.2, 0) is 27.4 Å². The monoisotopic (exact) mass is 591 g/mol. The van der Waals surface area contributed by atoms with Crippen molar-refractivity contribution in [1.82, 2.24) is 5.32 Å². The predicted molar refractivity (Wildman–Crippen MR) is 168 cm³/mol. The number of aliphatic hydroxyl groups excluding tert-OH is 1. The van der Waals surface area contributed by atoms with Gasteiger partial charge in [0.2, 0.25) is 5.79 Å². The third-order valence-corrected chi connectivity index (χ3v) is 7.01. The standard InChI is InChI=1S/C34H45N3O6/c1-34(2)42-25-28-22-27(14-17-32(28)43-34)31(38)23-35-18-8-3-4-9-19-40-20-21-41-24-26-12-15-30(16-13-26)37-33(39)36-29-10-6-5-7-11-29/h5-7,10-17,22,31,35,38H,3-4,8-9,18-21,23-25H2,1-2H3,(H2,36,37,39)/t31-/m1/s1. The Morgan fingerprint density at radius 3 is 2.40 bits per heavy atom. The van der Waals surface area contributed by atoms with Crippen LogP contribution in [0, 0.1) is 0 Å². The first-order valence-electron chi connectivity index (χ1n) is 15.1. The Hall–Kier alpha value is -3.47. The second-order valence-electron chi connectivity index (χ2n) is 11.1. The van der Waals surface area contributed by atoms with E-state index in [2.05, 4.69) is 16.0 Å². The van der Waals surface area contributed by atoms with Crippen molar-refractivity contribution in [3.63, 3.8) is 0 Å². The van der Waals surface area contributed by atoms with Crippen LogP contribution in [0.15, 0.2) is 72.8 Å². The number of urea groups is 1. The molecule has 0 saturated carbocycles. The number of unbranched alkanes of at least 4 members (excludes halogenated alkanes) is 3. The summed E-state index contributed by atoms with van der Waals surface area (Å²) in [6, 6.07) is 22.4. The predicted octanol–water partition coefficient (Wildman–Crippen LogP) is 6.39. The average molecular weight is 592 g/mol. The van der Waals surface area contributed by atoms with Crippen molar-refractivity contribution in [2.24, 2.45) is 0 Å². The summed E-state index contributed by atoms with van der Waals surface area (Å²) < 4.78 is 22.9. The molecule has 1 aliphatic rings. The van der Waals surface area contributed by atoms with Gasteiger partial charge in [-0.2, -0.15) is 0 Å². The number of fused-ring (bicyclic) bond motifs is 1. The van der Waals surface area contributed by atoms with Crippen molar-refractivity contribution in [2.45, 2.75) is 64.6 Å². The molecule has 43 heavy (non-hydrogen) atoms. The summed E-state index contributed by atoms with van der Waals surface area (Å²) in [5.41, 5.74) is 4.33. The number of hydrogen-bond acceptors (Lipinski definition) is 7. The van der Waals surface area contributed by atoms with Crippen LogP contribution in [0.1, 0.15) is 62.3 Å². The lowest BCUT2D eigenvalue weighted by molar-refractivity contribution is -0.180. The zero-order chi connectivity index (χ0) is 30.3. The number of aliphatic hydroxyl groups is 1. The number of nitrogens with one attached hydrogen (secondary N) is 3. The van der Waals surface area contributed by atoms with Gasteiger partial charge in [0, 0.05) is 43.9 Å². The zero-order valence-corrected chi connectivity index (χ0v) is 25.3. The summed E-state index contributed by atoms with van der Waals surface area (Å²) in [5, 5.41) is 19.5. The third kappa shape index (κ3) is 11.6. The Morgan fingerprint density at radius 2 is 1.60 bits per heavy atom. The zero-order valence-electron chi connectivity index (χ0n) is 25.3. The molecule has 0 aromatic heterocycles. The highest BCUT2D eigenvalue weighted by Gasteiger charge is 2.27. The van der Waals surface area contributed by atoms with Crippen molar-refractivity contribution in [3.05, 3.63) is 89.5 Å². The maximum Gasteiger partial charge on any atom is 0.323 e. The molecule has 0 aliphatic carbocycles. The molecule has 3 aromatic rings. The highest BCUT2D eigenvalue weighted by Crippen LogP contribution is 2.32. The largest absolute Gasteiger partial charge is 0.463 e. The van der Waals surface area contributed by atoms with E-state index in [1.54, 1.807) is 0 Å². The van der Waals surface area contributed by atoms with Crippen LogP contribution < -0.4 is 20.7 Å². The molecule has 0 saturated heterocycles. The summed E-state index contributed by atoms with van der Waals surface area (Å²) in [7, 11) is 0. The topological polar surface area (TPSA) is 110 Å². The molecule has 2 amide bonds. The van der Waals surface area contributed by atoms with E-state index in [-0.39, 0.29) is 6.03 Å². The van der Waals surface area contributed by atoms with Crippen molar-refractivity contribution >= 4 is 17.4 Å². The highest BCUT2D eigenvalue weighted by atomic mass is 16.7. The van der Waals surface area contributed by atoms with E-state index in [0.717, 1.165) is 72.6 Å². The second-order valence-corrected chi connectivity index (χ2v) is 11.1. The summed E-state index contributed by atoms with van der Waals surface area (Å²) in [6.45, 7) is 7.99. The van der Waals surface area contributed by atoms with Gasteiger partial charge in [0.15, 0.2) is 0 Å². The summed E-state index contributed by atoms with van der Waals surface area (Å²) in [5.74, 6) is 0.203. The first kappa shape index (κ1) is 32.4. The van der Waals surface area contributed by atoms with Crippen LogP contribution in [0.3, 0.4) is 0 Å². The van der Waals surface area contributed by atoms with Gasteiger partial charge in [0.05, 0.1) is 32.5 Å². The molecule has 0 radical (unpaired) electrons. The number of amides is 2. The first-order valence-corrected chi connectivity index (χ1v) is 15.1. The molecule has 9 heteroatoms. The third-order valence-electron chi connectivity index (χ3n) is 7.01. The minimum atomic E-state index is -0.616. The molecule has 9 nitrogen and oxygen atoms in total. The molecule has 0 bridgehead atoms. The van der Waals surface area contributed by atoms with Crippen molar-refractivity contribution < 1.29 is 28.8 Å². The fourth-order valence-corrected chi connectivity index (χ4v) is 4.64. The van der Waals surface area contributed by atoms with E-state index in [0.29, 0.717) is 33.0 Å². The number of ether oxygens (including phenoxy) is 4. The van der Waals surface area contributed by atoms with E-state index in [1.807, 2.05) is 86.6 Å². The SMILES string of the molecule is CC1(C)OCc2cc([C@H](O)CNCCCCCCOCCOCc3ccc(NC(=O)Nc4ccccc4)cc3)ccc2O1. The summed E-state index contributed by atoms with van der Waals surface area (Å²) in [6.07, 6.45) is 3.74. The normalized spacial score (nSPS) is 14.4. The van der Waals surface area contributed by atoms with Gasteiger partial charge >= 0.3 is 6.03 Å². The fourth-order valence-electron chi connectivity index (χ4n) is 4.64. The molecule has 0 spiro atoms. The lowest BCUT2D eigenvalue weighted by Crippen LogP contribution is -2.35. The fraction of sp³-hybridized carbons (Fsp3) is 0.441. The molecule has 0 fully saturated rings. The molecule has 1 aliphatic heterocycles. The van der Waals surface area contributed by atoms with Crippen LogP contribution in [0.5, 0.6) is 5.75 Å². The van der Waals surface area contributed by atoms with Gasteiger partial charge in [-0.25, -0.2) is 4.79 Å². The van der Waals surface area contributed by atoms with Crippen LogP contribution in [0.25, 0.3) is 0 Å². The Balaban J connectivity index is 0.953. The minimum absolute atomic E-state index is 0.280. The molecule has 3 aromatic carbocycles. The number of rotatable bonds is 17. The highest BCUT2D eigenvalue weighted by molar-refractivity contribution is 5.99. The van der Waals surface area contributed by atoms with Gasteiger partial charge < -0.3 is 40.0 Å². The van der Waals surface area contributed by atoms with E-state index < -0.39 is 11.9 Å². The van der Waals surface area contributed by atoms with Gasteiger partial charge in [-0.05, 0) is 66.9 Å².